The Balaban J connectivity index is 1.15. The smallest absolute Gasteiger partial charge is 0.251 e. The zero-order valence-corrected chi connectivity index (χ0v) is 18.4. The van der Waals surface area contributed by atoms with E-state index in [1.54, 1.807) is 34.1 Å². The maximum Gasteiger partial charge on any atom is 0.251 e. The Kier molecular flexibility index (Phi) is 5.66. The predicted molar refractivity (Wildman–Crippen MR) is 130 cm³/mol. The van der Waals surface area contributed by atoms with Gasteiger partial charge in [-0.1, -0.05) is 6.07 Å². The van der Waals surface area contributed by atoms with Gasteiger partial charge in [0.1, 0.15) is 5.75 Å². The van der Waals surface area contributed by atoms with Gasteiger partial charge in [0.05, 0.1) is 5.52 Å². The third kappa shape index (κ3) is 4.18. The lowest BCUT2D eigenvalue weighted by atomic mass is 10.1. The molecule has 1 aliphatic heterocycles. The number of phenols is 1. The van der Waals surface area contributed by atoms with Crippen molar-refractivity contribution >= 4 is 38.0 Å². The molecule has 0 unspecified atom stereocenters. The van der Waals surface area contributed by atoms with Gasteiger partial charge in [0, 0.05) is 60.6 Å². The lowest BCUT2D eigenvalue weighted by molar-refractivity contribution is 0.251. The Morgan fingerprint density at radius 2 is 1.71 bits per heavy atom. The molecule has 0 amide bonds. The second-order valence-corrected chi connectivity index (χ2v) is 9.16. The van der Waals surface area contributed by atoms with Gasteiger partial charge in [-0.15, -0.1) is 11.3 Å². The molecule has 1 N–H and O–H groups in total. The Morgan fingerprint density at radius 3 is 2.58 bits per heavy atom. The number of unbranched alkanes of at least 4 members (excludes halogenated alkanes) is 1. The van der Waals surface area contributed by atoms with E-state index in [4.69, 9.17) is 0 Å². The fourth-order valence-electron chi connectivity index (χ4n) is 4.58. The third-order valence-corrected chi connectivity index (χ3v) is 7.15. The molecule has 3 heterocycles. The van der Waals surface area contributed by atoms with Crippen molar-refractivity contribution in [1.29, 1.82) is 0 Å². The number of thiophene rings is 1. The van der Waals surface area contributed by atoms with Gasteiger partial charge in [0.15, 0.2) is 0 Å². The highest BCUT2D eigenvalue weighted by Crippen LogP contribution is 2.31. The standard InChI is InChI=1S/C25H27N3O2S/c29-20-8-6-19-7-9-25(30)28(23(19)18-20)12-2-1-11-26-13-15-27(16-14-26)22-4-3-5-24-21(22)10-17-31-24/h3-10,17-18,29H,1-2,11-16H2. The molecule has 160 valence electrons. The van der Waals surface area contributed by atoms with Crippen molar-refractivity contribution in [2.45, 2.75) is 19.4 Å². The molecular weight excluding hydrogens is 406 g/mol. The maximum atomic E-state index is 12.4. The maximum absolute atomic E-state index is 12.4. The van der Waals surface area contributed by atoms with E-state index in [1.165, 1.54) is 15.8 Å². The molecule has 1 aliphatic rings. The molecule has 1 fully saturated rings. The van der Waals surface area contributed by atoms with E-state index in [1.807, 2.05) is 12.1 Å². The van der Waals surface area contributed by atoms with Crippen molar-refractivity contribution < 1.29 is 5.11 Å². The van der Waals surface area contributed by atoms with Crippen LogP contribution in [0.5, 0.6) is 5.75 Å². The van der Waals surface area contributed by atoms with E-state index in [0.717, 1.165) is 56.5 Å². The molecule has 5 rings (SSSR count). The van der Waals surface area contributed by atoms with Gasteiger partial charge in [-0.05, 0) is 66.6 Å². The minimum Gasteiger partial charge on any atom is -0.508 e. The molecule has 0 spiro atoms. The van der Waals surface area contributed by atoms with Gasteiger partial charge in [-0.25, -0.2) is 0 Å². The third-order valence-electron chi connectivity index (χ3n) is 6.27. The van der Waals surface area contributed by atoms with Gasteiger partial charge < -0.3 is 14.6 Å². The molecule has 5 nitrogen and oxygen atoms in total. The summed E-state index contributed by atoms with van der Waals surface area (Å²) in [6, 6.07) is 17.5. The molecule has 2 aromatic carbocycles. The Bertz CT molecular complexity index is 1250. The van der Waals surface area contributed by atoms with E-state index in [9.17, 15) is 9.90 Å². The number of hydrogen-bond donors (Lipinski definition) is 1. The summed E-state index contributed by atoms with van der Waals surface area (Å²) >= 11 is 1.80. The van der Waals surface area contributed by atoms with Gasteiger partial charge >= 0.3 is 0 Å². The highest BCUT2D eigenvalue weighted by molar-refractivity contribution is 7.17. The fraction of sp³-hybridized carbons (Fsp3) is 0.320. The number of aromatic nitrogens is 1. The molecule has 6 heteroatoms. The van der Waals surface area contributed by atoms with Crippen molar-refractivity contribution in [2.24, 2.45) is 0 Å². The Morgan fingerprint density at radius 1 is 0.903 bits per heavy atom. The number of fused-ring (bicyclic) bond motifs is 2. The van der Waals surface area contributed by atoms with Gasteiger partial charge in [0.25, 0.3) is 5.56 Å². The van der Waals surface area contributed by atoms with Crippen LogP contribution in [0.25, 0.3) is 21.0 Å². The summed E-state index contributed by atoms with van der Waals surface area (Å²) in [6.07, 6.45) is 2.00. The van der Waals surface area contributed by atoms with Crippen LogP contribution < -0.4 is 10.5 Å². The Hall–Kier alpha value is -2.83. The van der Waals surface area contributed by atoms with Crippen LogP contribution in [0, 0.1) is 0 Å². The highest BCUT2D eigenvalue weighted by atomic mass is 32.1. The fourth-order valence-corrected chi connectivity index (χ4v) is 5.39. The van der Waals surface area contributed by atoms with E-state index in [2.05, 4.69) is 39.4 Å². The van der Waals surface area contributed by atoms with Gasteiger partial charge in [0.2, 0.25) is 0 Å². The van der Waals surface area contributed by atoms with Crippen LogP contribution in [0.2, 0.25) is 0 Å². The Labute approximate surface area is 185 Å². The number of rotatable bonds is 6. The van der Waals surface area contributed by atoms with Crippen LogP contribution in [0.4, 0.5) is 5.69 Å². The number of aromatic hydroxyl groups is 1. The monoisotopic (exact) mass is 433 g/mol. The first-order valence-corrected chi connectivity index (χ1v) is 11.8. The number of aryl methyl sites for hydroxylation is 1. The molecule has 4 aromatic rings. The van der Waals surface area contributed by atoms with Gasteiger partial charge in [-0.3, -0.25) is 9.69 Å². The summed E-state index contributed by atoms with van der Waals surface area (Å²) in [5.74, 6) is 0.197. The number of hydrogen-bond acceptors (Lipinski definition) is 5. The zero-order chi connectivity index (χ0) is 21.2. The molecule has 1 saturated heterocycles. The van der Waals surface area contributed by atoms with E-state index in [0.29, 0.717) is 6.54 Å². The summed E-state index contributed by atoms with van der Waals surface area (Å²) in [6.45, 7) is 5.99. The van der Waals surface area contributed by atoms with Crippen LogP contribution in [0.15, 0.2) is 64.8 Å². The van der Waals surface area contributed by atoms with Crippen molar-refractivity contribution in [3.05, 3.63) is 70.3 Å². The van der Waals surface area contributed by atoms with E-state index < -0.39 is 0 Å². The molecule has 0 aliphatic carbocycles. The predicted octanol–water partition coefficient (Wildman–Crippen LogP) is 4.52. The molecular formula is C25H27N3O2S. The minimum atomic E-state index is -0.00526. The number of nitrogens with zero attached hydrogens (tertiary/aromatic N) is 3. The minimum absolute atomic E-state index is 0.00526. The average molecular weight is 434 g/mol. The summed E-state index contributed by atoms with van der Waals surface area (Å²) in [7, 11) is 0. The first-order chi connectivity index (χ1) is 15.2. The molecule has 0 saturated carbocycles. The molecule has 31 heavy (non-hydrogen) atoms. The van der Waals surface area contributed by atoms with Crippen LogP contribution >= 0.6 is 11.3 Å². The number of pyridine rings is 1. The quantitative estimate of drug-likeness (QED) is 0.454. The second-order valence-electron chi connectivity index (χ2n) is 8.21. The topological polar surface area (TPSA) is 48.7 Å². The summed E-state index contributed by atoms with van der Waals surface area (Å²) < 4.78 is 3.14. The molecule has 0 radical (unpaired) electrons. The van der Waals surface area contributed by atoms with Crippen LogP contribution in [0.1, 0.15) is 12.8 Å². The lowest BCUT2D eigenvalue weighted by Gasteiger charge is -2.36. The van der Waals surface area contributed by atoms with E-state index in [-0.39, 0.29) is 11.3 Å². The lowest BCUT2D eigenvalue weighted by Crippen LogP contribution is -2.46. The van der Waals surface area contributed by atoms with Crippen molar-refractivity contribution in [3.8, 4) is 5.75 Å². The normalized spacial score (nSPS) is 15.2. The van der Waals surface area contributed by atoms with Crippen LogP contribution in [0.3, 0.4) is 0 Å². The van der Waals surface area contributed by atoms with Crippen LogP contribution in [-0.4, -0.2) is 47.3 Å². The first kappa shape index (κ1) is 20.1. The number of phenolic OH excluding ortho intramolecular Hbond substituents is 1. The first-order valence-electron chi connectivity index (χ1n) is 11.0. The largest absolute Gasteiger partial charge is 0.508 e. The summed E-state index contributed by atoms with van der Waals surface area (Å²) in [4.78, 5) is 17.4. The number of benzene rings is 2. The van der Waals surface area contributed by atoms with Crippen molar-refractivity contribution in [1.82, 2.24) is 9.47 Å². The number of piperazine rings is 1. The molecule has 0 bridgehead atoms. The molecule has 0 atom stereocenters. The molecule has 2 aromatic heterocycles. The van der Waals surface area contributed by atoms with Gasteiger partial charge in [-0.2, -0.15) is 0 Å². The highest BCUT2D eigenvalue weighted by Gasteiger charge is 2.18. The number of anilines is 1. The second kappa shape index (κ2) is 8.73. The summed E-state index contributed by atoms with van der Waals surface area (Å²) in [5, 5.41) is 14.3. The van der Waals surface area contributed by atoms with Crippen molar-refractivity contribution in [2.75, 3.05) is 37.6 Å². The summed E-state index contributed by atoms with van der Waals surface area (Å²) in [5.41, 5.74) is 2.16. The average Bonchev–Trinajstić information content (AvgIpc) is 3.27. The zero-order valence-electron chi connectivity index (χ0n) is 17.5. The van der Waals surface area contributed by atoms with Crippen molar-refractivity contribution in [3.63, 3.8) is 0 Å². The van der Waals surface area contributed by atoms with Crippen LogP contribution in [-0.2, 0) is 6.54 Å². The SMILES string of the molecule is O=c1ccc2ccc(O)cc2n1CCCCN1CCN(c2cccc3sccc23)CC1. The van der Waals surface area contributed by atoms with E-state index >= 15 is 0 Å².